The molecule has 0 amide bonds. The average Bonchev–Trinajstić information content (AvgIpc) is 2.87. The molecule has 2 heterocycles. The molecule has 0 fully saturated rings. The van der Waals surface area contributed by atoms with E-state index in [0.29, 0.717) is 17.9 Å². The molecule has 2 aromatic rings. The van der Waals surface area contributed by atoms with E-state index >= 15 is 0 Å². The Morgan fingerprint density at radius 2 is 2.29 bits per heavy atom. The molecule has 0 radical (unpaired) electrons. The molecular formula is C11H14N4O2. The predicted molar refractivity (Wildman–Crippen MR) is 60.8 cm³/mol. The van der Waals surface area contributed by atoms with E-state index < -0.39 is 12.1 Å². The molecule has 0 bridgehead atoms. The van der Waals surface area contributed by atoms with Crippen LogP contribution in [0.15, 0.2) is 28.9 Å². The second-order valence-electron chi connectivity index (χ2n) is 3.70. The van der Waals surface area contributed by atoms with Crippen molar-refractivity contribution >= 4 is 0 Å². The highest BCUT2D eigenvalue weighted by molar-refractivity contribution is 5.49. The molecule has 2 atom stereocenters. The highest BCUT2D eigenvalue weighted by Gasteiger charge is 2.21. The van der Waals surface area contributed by atoms with Crippen LogP contribution >= 0.6 is 0 Å². The fourth-order valence-electron chi connectivity index (χ4n) is 1.37. The molecule has 0 aliphatic rings. The molecule has 2 unspecified atom stereocenters. The molecule has 6 nitrogen and oxygen atoms in total. The summed E-state index contributed by atoms with van der Waals surface area (Å²) in [5.74, 6) is 0.466. The van der Waals surface area contributed by atoms with Crippen LogP contribution in [0.3, 0.4) is 0 Å². The predicted octanol–water partition coefficient (Wildman–Crippen LogP) is 0.902. The first-order chi connectivity index (χ1) is 8.22. The summed E-state index contributed by atoms with van der Waals surface area (Å²) in [5.41, 5.74) is 6.42. The highest BCUT2D eigenvalue weighted by atomic mass is 16.4. The lowest BCUT2D eigenvalue weighted by Gasteiger charge is -2.12. The fourth-order valence-corrected chi connectivity index (χ4v) is 1.37. The Morgan fingerprint density at radius 3 is 2.94 bits per heavy atom. The minimum atomic E-state index is -0.932. The topological polar surface area (TPSA) is 98.1 Å². The lowest BCUT2D eigenvalue weighted by atomic mass is 10.1. The van der Waals surface area contributed by atoms with Gasteiger partial charge in [-0.05, 0) is 18.6 Å². The molecule has 0 spiro atoms. The third-order valence-electron chi connectivity index (χ3n) is 2.48. The van der Waals surface area contributed by atoms with Gasteiger partial charge in [0.2, 0.25) is 11.8 Å². The molecule has 0 aromatic carbocycles. The van der Waals surface area contributed by atoms with Crippen LogP contribution in [0.25, 0.3) is 11.5 Å². The minimum absolute atomic E-state index is 0.137. The second kappa shape index (κ2) is 5.03. The standard InChI is InChI=1S/C11H14N4O2/c1-2-8(12)9(16)11-15-14-10(17-11)7-4-3-5-13-6-7/h3-6,8-9,16H,2,12H2,1H3. The molecule has 2 aromatic heterocycles. The summed E-state index contributed by atoms with van der Waals surface area (Å²) in [6.07, 6.45) is 2.97. The third-order valence-corrected chi connectivity index (χ3v) is 2.48. The third kappa shape index (κ3) is 2.48. The molecule has 17 heavy (non-hydrogen) atoms. The van der Waals surface area contributed by atoms with E-state index in [1.165, 1.54) is 0 Å². The summed E-state index contributed by atoms with van der Waals surface area (Å²) in [6.45, 7) is 1.88. The zero-order chi connectivity index (χ0) is 12.3. The Kier molecular flexibility index (Phi) is 3.46. The van der Waals surface area contributed by atoms with Crippen LogP contribution in [0.4, 0.5) is 0 Å². The van der Waals surface area contributed by atoms with E-state index in [1.54, 1.807) is 24.5 Å². The van der Waals surface area contributed by atoms with Crippen molar-refractivity contribution in [2.75, 3.05) is 0 Å². The van der Waals surface area contributed by atoms with Gasteiger partial charge in [0.05, 0.1) is 5.56 Å². The van der Waals surface area contributed by atoms with Crippen LogP contribution in [0.5, 0.6) is 0 Å². The first-order valence-corrected chi connectivity index (χ1v) is 5.39. The van der Waals surface area contributed by atoms with E-state index in [-0.39, 0.29) is 5.89 Å². The van der Waals surface area contributed by atoms with Gasteiger partial charge in [-0.1, -0.05) is 6.92 Å². The van der Waals surface area contributed by atoms with Crippen molar-refractivity contribution in [1.29, 1.82) is 0 Å². The number of nitrogens with zero attached hydrogens (tertiary/aromatic N) is 3. The zero-order valence-corrected chi connectivity index (χ0v) is 9.45. The van der Waals surface area contributed by atoms with Crippen molar-refractivity contribution in [2.24, 2.45) is 5.73 Å². The summed E-state index contributed by atoms with van der Waals surface area (Å²) in [6, 6.07) is 3.17. The molecule has 90 valence electrons. The average molecular weight is 234 g/mol. The van der Waals surface area contributed by atoms with Crippen LogP contribution < -0.4 is 5.73 Å². The summed E-state index contributed by atoms with van der Waals surface area (Å²) < 4.78 is 5.36. The van der Waals surface area contributed by atoms with Gasteiger partial charge in [-0.2, -0.15) is 0 Å². The van der Waals surface area contributed by atoms with Gasteiger partial charge in [0.15, 0.2) is 0 Å². The van der Waals surface area contributed by atoms with Crippen LogP contribution in [-0.4, -0.2) is 26.3 Å². The van der Waals surface area contributed by atoms with Gasteiger partial charge in [-0.3, -0.25) is 4.98 Å². The Hall–Kier alpha value is -1.79. The van der Waals surface area contributed by atoms with Crippen LogP contribution in [0.2, 0.25) is 0 Å². The van der Waals surface area contributed by atoms with Crippen LogP contribution in [0.1, 0.15) is 25.3 Å². The van der Waals surface area contributed by atoms with E-state index in [1.807, 2.05) is 6.92 Å². The summed E-state index contributed by atoms with van der Waals surface area (Å²) in [4.78, 5) is 3.95. The zero-order valence-electron chi connectivity index (χ0n) is 9.45. The molecule has 2 rings (SSSR count). The van der Waals surface area contributed by atoms with Crippen molar-refractivity contribution in [3.63, 3.8) is 0 Å². The Morgan fingerprint density at radius 1 is 1.47 bits per heavy atom. The van der Waals surface area contributed by atoms with Gasteiger partial charge >= 0.3 is 0 Å². The van der Waals surface area contributed by atoms with E-state index in [2.05, 4.69) is 15.2 Å². The Labute approximate surface area is 98.5 Å². The molecule has 6 heteroatoms. The van der Waals surface area contributed by atoms with Crippen molar-refractivity contribution < 1.29 is 9.52 Å². The molecule has 0 saturated carbocycles. The van der Waals surface area contributed by atoms with Crippen LogP contribution in [0, 0.1) is 0 Å². The molecule has 0 aliphatic carbocycles. The van der Waals surface area contributed by atoms with Crippen LogP contribution in [-0.2, 0) is 0 Å². The molecule has 0 saturated heterocycles. The number of aliphatic hydroxyl groups excluding tert-OH is 1. The number of hydrogen-bond acceptors (Lipinski definition) is 6. The first kappa shape index (κ1) is 11.7. The van der Waals surface area contributed by atoms with Crippen molar-refractivity contribution in [3.8, 4) is 11.5 Å². The van der Waals surface area contributed by atoms with Gasteiger partial charge in [0.1, 0.15) is 6.10 Å². The summed E-state index contributed by atoms with van der Waals surface area (Å²) in [5, 5.41) is 17.5. The lowest BCUT2D eigenvalue weighted by molar-refractivity contribution is 0.114. The fraction of sp³-hybridized carbons (Fsp3) is 0.364. The van der Waals surface area contributed by atoms with Crippen molar-refractivity contribution in [1.82, 2.24) is 15.2 Å². The quantitative estimate of drug-likeness (QED) is 0.815. The number of pyridine rings is 1. The lowest BCUT2D eigenvalue weighted by Crippen LogP contribution is -2.27. The Bertz CT molecular complexity index is 471. The maximum atomic E-state index is 9.81. The van der Waals surface area contributed by atoms with Gasteiger partial charge in [-0.25, -0.2) is 0 Å². The van der Waals surface area contributed by atoms with Gasteiger partial charge in [0, 0.05) is 18.4 Å². The smallest absolute Gasteiger partial charge is 0.249 e. The minimum Gasteiger partial charge on any atom is -0.418 e. The van der Waals surface area contributed by atoms with Crippen molar-refractivity contribution in [2.45, 2.75) is 25.5 Å². The van der Waals surface area contributed by atoms with E-state index in [4.69, 9.17) is 10.2 Å². The number of nitrogens with two attached hydrogens (primary N) is 1. The maximum Gasteiger partial charge on any atom is 0.249 e. The largest absolute Gasteiger partial charge is 0.418 e. The first-order valence-electron chi connectivity index (χ1n) is 5.39. The van der Waals surface area contributed by atoms with E-state index in [0.717, 1.165) is 0 Å². The number of aromatic nitrogens is 3. The maximum absolute atomic E-state index is 9.81. The second-order valence-corrected chi connectivity index (χ2v) is 3.70. The monoisotopic (exact) mass is 234 g/mol. The summed E-state index contributed by atoms with van der Waals surface area (Å²) in [7, 11) is 0. The SMILES string of the molecule is CCC(N)C(O)c1nnc(-c2cccnc2)o1. The van der Waals surface area contributed by atoms with Crippen molar-refractivity contribution in [3.05, 3.63) is 30.4 Å². The van der Waals surface area contributed by atoms with Gasteiger partial charge in [0.25, 0.3) is 0 Å². The number of rotatable bonds is 4. The molecular weight excluding hydrogens is 220 g/mol. The van der Waals surface area contributed by atoms with Gasteiger partial charge in [-0.15, -0.1) is 10.2 Å². The highest BCUT2D eigenvalue weighted by Crippen LogP contribution is 2.21. The van der Waals surface area contributed by atoms with Gasteiger partial charge < -0.3 is 15.3 Å². The number of aliphatic hydroxyl groups is 1. The molecule has 3 N–H and O–H groups in total. The summed E-state index contributed by atoms with van der Waals surface area (Å²) >= 11 is 0. The van der Waals surface area contributed by atoms with E-state index in [9.17, 15) is 5.11 Å². The Balaban J connectivity index is 2.22. The normalized spacial score (nSPS) is 14.5. The molecule has 0 aliphatic heterocycles. The number of hydrogen-bond donors (Lipinski definition) is 2.